The van der Waals surface area contributed by atoms with E-state index in [1.54, 1.807) is 11.1 Å². The highest BCUT2D eigenvalue weighted by atomic mass is 14.5. The van der Waals surface area contributed by atoms with Gasteiger partial charge in [0.1, 0.15) is 0 Å². The zero-order chi connectivity index (χ0) is 12.6. The molecule has 1 aromatic carbocycles. The summed E-state index contributed by atoms with van der Waals surface area (Å²) in [4.78, 5) is 0. The number of benzene rings is 1. The van der Waals surface area contributed by atoms with E-state index in [2.05, 4.69) is 44.2 Å². The third kappa shape index (κ3) is 1.74. The van der Waals surface area contributed by atoms with Crippen LogP contribution < -0.4 is 0 Å². The average molecular weight is 240 g/mol. The Kier molecular flexibility index (Phi) is 3.05. The molecular weight excluding hydrogens is 216 g/mol. The molecule has 0 saturated heterocycles. The van der Waals surface area contributed by atoms with Gasteiger partial charge in [-0.3, -0.25) is 0 Å². The highest BCUT2D eigenvalue weighted by Crippen LogP contribution is 2.54. The minimum absolute atomic E-state index is 0.530. The highest BCUT2D eigenvalue weighted by Gasteiger charge is 2.47. The minimum atomic E-state index is 0.530. The zero-order valence-corrected chi connectivity index (χ0v) is 11.7. The van der Waals surface area contributed by atoms with Crippen molar-refractivity contribution in [3.05, 3.63) is 47.0 Å². The SMILES string of the molecule is CC=CCC1Cc2cc(C)ccc2C12CCCC2. The van der Waals surface area contributed by atoms with Gasteiger partial charge in [-0.2, -0.15) is 0 Å². The van der Waals surface area contributed by atoms with Crippen molar-refractivity contribution in [2.24, 2.45) is 5.92 Å². The molecule has 0 aromatic heterocycles. The molecule has 0 radical (unpaired) electrons. The summed E-state index contributed by atoms with van der Waals surface area (Å²) in [5.74, 6) is 0.855. The molecule has 18 heavy (non-hydrogen) atoms. The molecule has 1 spiro atoms. The van der Waals surface area contributed by atoms with E-state index in [1.807, 2.05) is 0 Å². The third-order valence-corrected chi connectivity index (χ3v) is 5.20. The summed E-state index contributed by atoms with van der Waals surface area (Å²) in [5, 5.41) is 0. The maximum absolute atomic E-state index is 2.44. The van der Waals surface area contributed by atoms with Gasteiger partial charge in [0.2, 0.25) is 0 Å². The van der Waals surface area contributed by atoms with Crippen molar-refractivity contribution in [2.75, 3.05) is 0 Å². The normalized spacial score (nSPS) is 25.1. The second-order valence-electron chi connectivity index (χ2n) is 6.23. The van der Waals surface area contributed by atoms with E-state index in [4.69, 9.17) is 0 Å². The van der Waals surface area contributed by atoms with Gasteiger partial charge in [0.15, 0.2) is 0 Å². The molecule has 1 saturated carbocycles. The van der Waals surface area contributed by atoms with Gasteiger partial charge in [-0.05, 0) is 62.0 Å². The molecule has 0 bridgehead atoms. The van der Waals surface area contributed by atoms with Crippen LogP contribution in [-0.4, -0.2) is 0 Å². The summed E-state index contributed by atoms with van der Waals surface area (Å²) in [6, 6.07) is 7.19. The van der Waals surface area contributed by atoms with Crippen molar-refractivity contribution >= 4 is 0 Å². The molecule has 0 aliphatic heterocycles. The molecule has 3 rings (SSSR count). The number of fused-ring (bicyclic) bond motifs is 2. The number of aryl methyl sites for hydroxylation is 1. The molecule has 0 amide bonds. The first kappa shape index (κ1) is 12.0. The van der Waals surface area contributed by atoms with Crippen LogP contribution >= 0.6 is 0 Å². The molecule has 1 atom stereocenters. The van der Waals surface area contributed by atoms with E-state index in [0.29, 0.717) is 5.41 Å². The molecule has 1 fully saturated rings. The lowest BCUT2D eigenvalue weighted by molar-refractivity contribution is 0.301. The van der Waals surface area contributed by atoms with Gasteiger partial charge in [-0.15, -0.1) is 0 Å². The van der Waals surface area contributed by atoms with Crippen molar-refractivity contribution in [3.8, 4) is 0 Å². The van der Waals surface area contributed by atoms with E-state index in [9.17, 15) is 0 Å². The molecule has 96 valence electrons. The smallest absolute Gasteiger partial charge is 0.000990 e. The number of hydrogen-bond acceptors (Lipinski definition) is 0. The molecular formula is C18H24. The van der Waals surface area contributed by atoms with Crippen molar-refractivity contribution in [2.45, 2.75) is 57.8 Å². The lowest BCUT2D eigenvalue weighted by atomic mass is 9.72. The molecule has 2 aliphatic carbocycles. The highest BCUT2D eigenvalue weighted by molar-refractivity contribution is 5.44. The molecule has 0 N–H and O–H groups in total. The first-order valence-corrected chi connectivity index (χ1v) is 7.47. The third-order valence-electron chi connectivity index (χ3n) is 5.20. The van der Waals surface area contributed by atoms with Gasteiger partial charge in [0.05, 0.1) is 0 Å². The van der Waals surface area contributed by atoms with Gasteiger partial charge in [-0.25, -0.2) is 0 Å². The Morgan fingerprint density at radius 1 is 1.28 bits per heavy atom. The van der Waals surface area contributed by atoms with Crippen LogP contribution in [0, 0.1) is 12.8 Å². The van der Waals surface area contributed by atoms with Crippen LogP contribution in [0.4, 0.5) is 0 Å². The second kappa shape index (κ2) is 4.57. The van der Waals surface area contributed by atoms with Crippen molar-refractivity contribution in [3.63, 3.8) is 0 Å². The van der Waals surface area contributed by atoms with E-state index in [1.165, 1.54) is 44.1 Å². The Morgan fingerprint density at radius 3 is 2.78 bits per heavy atom. The van der Waals surface area contributed by atoms with Crippen LogP contribution in [0.5, 0.6) is 0 Å². The zero-order valence-electron chi connectivity index (χ0n) is 11.7. The fourth-order valence-electron chi connectivity index (χ4n) is 4.35. The minimum Gasteiger partial charge on any atom is -0.0917 e. The van der Waals surface area contributed by atoms with E-state index in [-0.39, 0.29) is 0 Å². The fourth-order valence-corrected chi connectivity index (χ4v) is 4.35. The second-order valence-corrected chi connectivity index (χ2v) is 6.23. The Hall–Kier alpha value is -1.04. The predicted octanol–water partition coefficient (Wildman–Crippen LogP) is 4.95. The molecule has 0 heterocycles. The lowest BCUT2D eigenvalue weighted by Gasteiger charge is -2.32. The summed E-state index contributed by atoms with van der Waals surface area (Å²) < 4.78 is 0. The van der Waals surface area contributed by atoms with Crippen LogP contribution in [0.25, 0.3) is 0 Å². The predicted molar refractivity (Wildman–Crippen MR) is 78.0 cm³/mol. The summed E-state index contributed by atoms with van der Waals surface area (Å²) in [6.45, 7) is 4.37. The monoisotopic (exact) mass is 240 g/mol. The summed E-state index contributed by atoms with van der Waals surface area (Å²) >= 11 is 0. The maximum atomic E-state index is 2.44. The van der Waals surface area contributed by atoms with E-state index < -0.39 is 0 Å². The van der Waals surface area contributed by atoms with Crippen molar-refractivity contribution in [1.29, 1.82) is 0 Å². The Labute approximate surface area is 111 Å². The van der Waals surface area contributed by atoms with Gasteiger partial charge >= 0.3 is 0 Å². The van der Waals surface area contributed by atoms with E-state index >= 15 is 0 Å². The number of rotatable bonds is 2. The van der Waals surface area contributed by atoms with E-state index in [0.717, 1.165) is 5.92 Å². The van der Waals surface area contributed by atoms with Crippen molar-refractivity contribution < 1.29 is 0 Å². The van der Waals surface area contributed by atoms with Crippen LogP contribution in [0.3, 0.4) is 0 Å². The van der Waals surface area contributed by atoms with Crippen molar-refractivity contribution in [1.82, 2.24) is 0 Å². The van der Waals surface area contributed by atoms with Crippen LogP contribution in [0.2, 0.25) is 0 Å². The van der Waals surface area contributed by atoms with Crippen LogP contribution in [0.1, 0.15) is 55.7 Å². The summed E-state index contributed by atoms with van der Waals surface area (Å²) in [7, 11) is 0. The fraction of sp³-hybridized carbons (Fsp3) is 0.556. The number of hydrogen-bond donors (Lipinski definition) is 0. The Morgan fingerprint density at radius 2 is 2.06 bits per heavy atom. The summed E-state index contributed by atoms with van der Waals surface area (Å²) in [6.07, 6.45) is 12.9. The average Bonchev–Trinajstić information content (AvgIpc) is 2.95. The van der Waals surface area contributed by atoms with Gasteiger partial charge < -0.3 is 0 Å². The Balaban J connectivity index is 2.00. The first-order chi connectivity index (χ1) is 8.76. The topological polar surface area (TPSA) is 0 Å². The van der Waals surface area contributed by atoms with Crippen LogP contribution in [0.15, 0.2) is 30.4 Å². The largest absolute Gasteiger partial charge is 0.0917 e. The van der Waals surface area contributed by atoms with Crippen LogP contribution in [-0.2, 0) is 11.8 Å². The number of allylic oxidation sites excluding steroid dienone is 2. The van der Waals surface area contributed by atoms with Gasteiger partial charge in [0, 0.05) is 0 Å². The quantitative estimate of drug-likeness (QED) is 0.642. The van der Waals surface area contributed by atoms with Gasteiger partial charge in [0.25, 0.3) is 0 Å². The Bertz CT molecular complexity index is 461. The molecule has 1 aromatic rings. The molecule has 1 unspecified atom stereocenters. The maximum Gasteiger partial charge on any atom is -0.000990 e. The lowest BCUT2D eigenvalue weighted by Crippen LogP contribution is -2.27. The molecule has 2 aliphatic rings. The summed E-state index contributed by atoms with van der Waals surface area (Å²) in [5.41, 5.74) is 5.29. The molecule has 0 heteroatoms. The first-order valence-electron chi connectivity index (χ1n) is 7.47. The standard InChI is InChI=1S/C18H24/c1-3-4-7-16-13-15-12-14(2)8-9-17(15)18(16)10-5-6-11-18/h3-4,8-9,12,16H,5-7,10-11,13H2,1-2H3. The van der Waals surface area contributed by atoms with Gasteiger partial charge in [-0.1, -0.05) is 48.8 Å². The molecule has 0 nitrogen and oxygen atoms in total.